The van der Waals surface area contributed by atoms with Crippen LogP contribution < -0.4 is 4.72 Å². The van der Waals surface area contributed by atoms with E-state index in [1.807, 2.05) is 0 Å². The molecule has 0 unspecified atom stereocenters. The Morgan fingerprint density at radius 2 is 2.06 bits per heavy atom. The van der Waals surface area contributed by atoms with Gasteiger partial charge in [-0.25, -0.2) is 13.1 Å². The second kappa shape index (κ2) is 6.56. The highest BCUT2D eigenvalue weighted by Crippen LogP contribution is 2.21. The summed E-state index contributed by atoms with van der Waals surface area (Å²) in [6.07, 6.45) is 1.10. The molecule has 17 heavy (non-hydrogen) atoms. The molecule has 0 aliphatic rings. The van der Waals surface area contributed by atoms with Gasteiger partial charge in [-0.1, -0.05) is 29.3 Å². The number of benzene rings is 1. The number of hydrogen-bond donors (Lipinski definition) is 1. The number of halogens is 2. The first-order chi connectivity index (χ1) is 7.88. The van der Waals surface area contributed by atoms with Crippen molar-refractivity contribution < 1.29 is 13.2 Å². The Balaban J connectivity index is 2.32. The Morgan fingerprint density at radius 3 is 2.65 bits per heavy atom. The van der Waals surface area contributed by atoms with E-state index in [-0.39, 0.29) is 13.2 Å². The van der Waals surface area contributed by atoms with Gasteiger partial charge < -0.3 is 4.74 Å². The van der Waals surface area contributed by atoms with Crippen LogP contribution in [0.5, 0.6) is 0 Å². The summed E-state index contributed by atoms with van der Waals surface area (Å²) in [5.41, 5.74) is 0.815. The number of ether oxygens (including phenoxy) is 1. The van der Waals surface area contributed by atoms with Gasteiger partial charge in [-0.3, -0.25) is 0 Å². The third-order valence-corrected chi connectivity index (χ3v) is 3.20. The molecule has 1 aromatic carbocycles. The normalized spacial score (nSPS) is 11.7. The lowest BCUT2D eigenvalue weighted by atomic mass is 10.2. The van der Waals surface area contributed by atoms with E-state index in [0.717, 1.165) is 11.8 Å². The van der Waals surface area contributed by atoms with Crippen LogP contribution in [0.25, 0.3) is 0 Å². The van der Waals surface area contributed by atoms with E-state index < -0.39 is 10.0 Å². The standard InChI is InChI=1S/C10H13Cl2NO3S/c1-17(14,15)13-4-5-16-7-8-2-3-9(11)6-10(8)12/h2-3,6,13H,4-5,7H2,1H3. The molecule has 1 N–H and O–H groups in total. The average molecular weight is 298 g/mol. The summed E-state index contributed by atoms with van der Waals surface area (Å²) in [5, 5.41) is 1.10. The molecule has 0 spiro atoms. The Kier molecular flexibility index (Phi) is 5.69. The fourth-order valence-corrected chi connectivity index (χ4v) is 2.04. The minimum absolute atomic E-state index is 0.240. The van der Waals surface area contributed by atoms with Crippen LogP contribution in [0.15, 0.2) is 18.2 Å². The minimum Gasteiger partial charge on any atom is -0.375 e. The van der Waals surface area contributed by atoms with Gasteiger partial charge in [0.25, 0.3) is 0 Å². The van der Waals surface area contributed by atoms with Crippen molar-refractivity contribution in [2.24, 2.45) is 0 Å². The van der Waals surface area contributed by atoms with Crippen LogP contribution in [0, 0.1) is 0 Å². The van der Waals surface area contributed by atoms with Gasteiger partial charge in [-0.05, 0) is 17.7 Å². The fraction of sp³-hybridized carbons (Fsp3) is 0.400. The number of rotatable bonds is 6. The smallest absolute Gasteiger partial charge is 0.208 e. The van der Waals surface area contributed by atoms with E-state index in [4.69, 9.17) is 27.9 Å². The van der Waals surface area contributed by atoms with Crippen LogP contribution >= 0.6 is 23.2 Å². The summed E-state index contributed by atoms with van der Waals surface area (Å²) in [6, 6.07) is 5.13. The molecule has 0 saturated carbocycles. The molecule has 96 valence electrons. The number of sulfonamides is 1. The molecular weight excluding hydrogens is 285 g/mol. The maximum Gasteiger partial charge on any atom is 0.208 e. The van der Waals surface area contributed by atoms with Crippen molar-refractivity contribution >= 4 is 33.2 Å². The molecule has 0 heterocycles. The van der Waals surface area contributed by atoms with E-state index in [1.165, 1.54) is 0 Å². The van der Waals surface area contributed by atoms with Crippen LogP contribution in [0.1, 0.15) is 5.56 Å². The Bertz CT molecular complexity index is 476. The summed E-state index contributed by atoms with van der Waals surface area (Å²) in [4.78, 5) is 0. The van der Waals surface area contributed by atoms with Crippen LogP contribution in [-0.4, -0.2) is 27.8 Å². The van der Waals surface area contributed by atoms with Gasteiger partial charge in [-0.15, -0.1) is 0 Å². The fourth-order valence-electron chi connectivity index (χ4n) is 1.12. The third kappa shape index (κ3) is 6.24. The lowest BCUT2D eigenvalue weighted by Crippen LogP contribution is -2.25. The predicted molar refractivity (Wildman–Crippen MR) is 69.0 cm³/mol. The van der Waals surface area contributed by atoms with Crippen molar-refractivity contribution in [2.45, 2.75) is 6.61 Å². The zero-order valence-electron chi connectivity index (χ0n) is 9.24. The lowest BCUT2D eigenvalue weighted by molar-refractivity contribution is 0.126. The summed E-state index contributed by atoms with van der Waals surface area (Å²) >= 11 is 11.7. The Morgan fingerprint density at radius 1 is 1.35 bits per heavy atom. The SMILES string of the molecule is CS(=O)(=O)NCCOCc1ccc(Cl)cc1Cl. The van der Waals surface area contributed by atoms with E-state index in [9.17, 15) is 8.42 Å². The van der Waals surface area contributed by atoms with Crippen LogP contribution in [0.2, 0.25) is 10.0 Å². The topological polar surface area (TPSA) is 55.4 Å². The van der Waals surface area contributed by atoms with Gasteiger partial charge in [0.15, 0.2) is 0 Å². The summed E-state index contributed by atoms with van der Waals surface area (Å²) in [5.74, 6) is 0. The maximum atomic E-state index is 10.8. The molecule has 0 atom stereocenters. The van der Waals surface area contributed by atoms with Gasteiger partial charge in [0.2, 0.25) is 10.0 Å². The first-order valence-corrected chi connectivity index (χ1v) is 7.49. The number of nitrogens with one attached hydrogen (secondary N) is 1. The zero-order chi connectivity index (χ0) is 12.9. The molecule has 0 aromatic heterocycles. The van der Waals surface area contributed by atoms with E-state index in [0.29, 0.717) is 16.7 Å². The quantitative estimate of drug-likeness (QED) is 0.818. The monoisotopic (exact) mass is 297 g/mol. The molecule has 0 radical (unpaired) electrons. The highest BCUT2D eigenvalue weighted by atomic mass is 35.5. The molecule has 0 aliphatic carbocycles. The van der Waals surface area contributed by atoms with Crippen molar-refractivity contribution in [1.82, 2.24) is 4.72 Å². The maximum absolute atomic E-state index is 10.8. The largest absolute Gasteiger partial charge is 0.375 e. The first kappa shape index (κ1) is 14.7. The summed E-state index contributed by atoms with van der Waals surface area (Å²) in [7, 11) is -3.16. The van der Waals surface area contributed by atoms with Crippen LogP contribution in [0.4, 0.5) is 0 Å². The van der Waals surface area contributed by atoms with Gasteiger partial charge in [-0.2, -0.15) is 0 Å². The van der Waals surface area contributed by atoms with E-state index >= 15 is 0 Å². The van der Waals surface area contributed by atoms with Crippen molar-refractivity contribution in [3.8, 4) is 0 Å². The van der Waals surface area contributed by atoms with Crippen LogP contribution in [0.3, 0.4) is 0 Å². The molecule has 0 fully saturated rings. The van der Waals surface area contributed by atoms with Crippen molar-refractivity contribution in [1.29, 1.82) is 0 Å². The molecule has 0 aliphatic heterocycles. The molecule has 7 heteroatoms. The second-order valence-corrected chi connectivity index (χ2v) is 6.13. The lowest BCUT2D eigenvalue weighted by Gasteiger charge is -2.06. The Hall–Kier alpha value is -0.330. The van der Waals surface area contributed by atoms with Gasteiger partial charge in [0.1, 0.15) is 0 Å². The summed E-state index contributed by atoms with van der Waals surface area (Å²) in [6.45, 7) is 0.845. The van der Waals surface area contributed by atoms with Gasteiger partial charge in [0.05, 0.1) is 19.5 Å². The molecular formula is C10H13Cl2NO3S. The molecule has 4 nitrogen and oxygen atoms in total. The van der Waals surface area contributed by atoms with Gasteiger partial charge in [0, 0.05) is 16.6 Å². The van der Waals surface area contributed by atoms with E-state index in [2.05, 4.69) is 4.72 Å². The second-order valence-electron chi connectivity index (χ2n) is 3.45. The first-order valence-electron chi connectivity index (χ1n) is 4.85. The van der Waals surface area contributed by atoms with Gasteiger partial charge >= 0.3 is 0 Å². The van der Waals surface area contributed by atoms with Crippen molar-refractivity contribution in [3.63, 3.8) is 0 Å². The average Bonchev–Trinajstić information content (AvgIpc) is 2.18. The molecule has 1 rings (SSSR count). The Labute approximate surface area is 111 Å². The molecule has 0 amide bonds. The highest BCUT2D eigenvalue weighted by molar-refractivity contribution is 7.88. The predicted octanol–water partition coefficient (Wildman–Crippen LogP) is 2.06. The van der Waals surface area contributed by atoms with Crippen LogP contribution in [-0.2, 0) is 21.4 Å². The molecule has 0 bridgehead atoms. The molecule has 0 saturated heterocycles. The third-order valence-electron chi connectivity index (χ3n) is 1.88. The molecule has 1 aromatic rings. The number of hydrogen-bond acceptors (Lipinski definition) is 3. The minimum atomic E-state index is -3.16. The van der Waals surface area contributed by atoms with E-state index in [1.54, 1.807) is 18.2 Å². The van der Waals surface area contributed by atoms with Crippen molar-refractivity contribution in [3.05, 3.63) is 33.8 Å². The highest BCUT2D eigenvalue weighted by Gasteiger charge is 2.02. The zero-order valence-corrected chi connectivity index (χ0v) is 11.6. The summed E-state index contributed by atoms with van der Waals surface area (Å²) < 4.78 is 29.1. The van der Waals surface area contributed by atoms with Crippen molar-refractivity contribution in [2.75, 3.05) is 19.4 Å².